The lowest BCUT2D eigenvalue weighted by Crippen LogP contribution is -2.21. The number of aryl methyl sites for hydroxylation is 1. The van der Waals surface area contributed by atoms with Gasteiger partial charge in [0.05, 0.1) is 6.20 Å². The predicted octanol–water partition coefficient (Wildman–Crippen LogP) is 2.34. The van der Waals surface area contributed by atoms with E-state index in [9.17, 15) is 13.2 Å². The summed E-state index contributed by atoms with van der Waals surface area (Å²) in [5.41, 5.74) is 0.678. The molecular weight excluding hydrogens is 255 g/mol. The summed E-state index contributed by atoms with van der Waals surface area (Å²) in [4.78, 5) is 0. The molecule has 0 aliphatic heterocycles. The first-order chi connectivity index (χ1) is 9.01. The SMILES string of the molecule is CNC(Cc1cnn(C)c1)c1c(F)cc(F)cc1F. The van der Waals surface area contributed by atoms with Crippen molar-refractivity contribution in [3.8, 4) is 0 Å². The van der Waals surface area contributed by atoms with Gasteiger partial charge in [-0.3, -0.25) is 4.68 Å². The van der Waals surface area contributed by atoms with E-state index in [1.54, 1.807) is 31.2 Å². The first kappa shape index (κ1) is 13.6. The Hall–Kier alpha value is -1.82. The number of likely N-dealkylation sites (N-methyl/N-ethyl adjacent to an activating group) is 1. The van der Waals surface area contributed by atoms with E-state index in [1.165, 1.54) is 0 Å². The Morgan fingerprint density at radius 3 is 2.37 bits per heavy atom. The summed E-state index contributed by atoms with van der Waals surface area (Å²) in [6.07, 6.45) is 3.76. The van der Waals surface area contributed by atoms with E-state index in [2.05, 4.69) is 10.4 Å². The zero-order chi connectivity index (χ0) is 14.0. The van der Waals surface area contributed by atoms with E-state index in [1.807, 2.05) is 0 Å². The Morgan fingerprint density at radius 2 is 1.89 bits per heavy atom. The smallest absolute Gasteiger partial charge is 0.133 e. The van der Waals surface area contributed by atoms with Gasteiger partial charge >= 0.3 is 0 Å². The van der Waals surface area contributed by atoms with Crippen LogP contribution in [0.25, 0.3) is 0 Å². The molecule has 102 valence electrons. The lowest BCUT2D eigenvalue weighted by Gasteiger charge is -2.17. The first-order valence-corrected chi connectivity index (χ1v) is 5.80. The van der Waals surface area contributed by atoms with Crippen LogP contribution in [0.2, 0.25) is 0 Å². The number of nitrogens with zero attached hydrogens (tertiary/aromatic N) is 2. The molecule has 0 fully saturated rings. The maximum absolute atomic E-state index is 13.7. The number of nitrogens with one attached hydrogen (secondary N) is 1. The number of aromatic nitrogens is 2. The third-order valence-electron chi connectivity index (χ3n) is 2.94. The molecule has 0 saturated heterocycles. The highest BCUT2D eigenvalue weighted by atomic mass is 19.1. The fourth-order valence-electron chi connectivity index (χ4n) is 2.05. The quantitative estimate of drug-likeness (QED) is 0.923. The van der Waals surface area contributed by atoms with Crippen LogP contribution in [-0.4, -0.2) is 16.8 Å². The van der Waals surface area contributed by atoms with Crippen molar-refractivity contribution in [3.63, 3.8) is 0 Å². The van der Waals surface area contributed by atoms with Gasteiger partial charge in [-0.1, -0.05) is 0 Å². The molecule has 0 spiro atoms. The van der Waals surface area contributed by atoms with Crippen LogP contribution in [0.5, 0.6) is 0 Å². The zero-order valence-corrected chi connectivity index (χ0v) is 10.6. The molecule has 0 amide bonds. The fourth-order valence-corrected chi connectivity index (χ4v) is 2.05. The summed E-state index contributed by atoms with van der Waals surface area (Å²) in [5, 5.41) is 6.84. The van der Waals surface area contributed by atoms with Gasteiger partial charge in [0.15, 0.2) is 0 Å². The van der Waals surface area contributed by atoms with Crippen LogP contribution in [0, 0.1) is 17.5 Å². The molecule has 1 atom stereocenters. The van der Waals surface area contributed by atoms with Gasteiger partial charge in [0.1, 0.15) is 17.5 Å². The van der Waals surface area contributed by atoms with Crippen molar-refractivity contribution < 1.29 is 13.2 Å². The van der Waals surface area contributed by atoms with Crippen LogP contribution in [0.3, 0.4) is 0 Å². The standard InChI is InChI=1S/C13H14F3N3/c1-17-12(3-8-6-18-19(2)7-8)13-10(15)4-9(14)5-11(13)16/h4-7,12,17H,3H2,1-2H3. The Morgan fingerprint density at radius 1 is 1.26 bits per heavy atom. The molecule has 1 aromatic heterocycles. The van der Waals surface area contributed by atoms with Crippen molar-refractivity contribution in [2.75, 3.05) is 7.05 Å². The fraction of sp³-hybridized carbons (Fsp3) is 0.308. The van der Waals surface area contributed by atoms with E-state index in [0.717, 1.165) is 5.56 Å². The molecule has 2 aromatic rings. The van der Waals surface area contributed by atoms with Crippen LogP contribution >= 0.6 is 0 Å². The molecular formula is C13H14F3N3. The predicted molar refractivity (Wildman–Crippen MR) is 65.0 cm³/mol. The zero-order valence-electron chi connectivity index (χ0n) is 10.6. The van der Waals surface area contributed by atoms with Crippen molar-refractivity contribution in [3.05, 3.63) is 53.1 Å². The molecule has 0 aliphatic carbocycles. The van der Waals surface area contributed by atoms with Gasteiger partial charge < -0.3 is 5.32 Å². The van der Waals surface area contributed by atoms with Gasteiger partial charge in [0.25, 0.3) is 0 Å². The van der Waals surface area contributed by atoms with Gasteiger partial charge in [-0.15, -0.1) is 0 Å². The molecule has 0 aliphatic rings. The summed E-state index contributed by atoms with van der Waals surface area (Å²) in [7, 11) is 3.36. The van der Waals surface area contributed by atoms with Crippen molar-refractivity contribution in [1.29, 1.82) is 0 Å². The monoisotopic (exact) mass is 269 g/mol. The van der Waals surface area contributed by atoms with E-state index in [4.69, 9.17) is 0 Å². The van der Waals surface area contributed by atoms with E-state index in [-0.39, 0.29) is 5.56 Å². The molecule has 2 rings (SSSR count). The lowest BCUT2D eigenvalue weighted by molar-refractivity contribution is 0.475. The van der Waals surface area contributed by atoms with Crippen LogP contribution < -0.4 is 5.32 Å². The molecule has 0 bridgehead atoms. The minimum atomic E-state index is -0.921. The van der Waals surface area contributed by atoms with E-state index in [0.29, 0.717) is 18.6 Å². The largest absolute Gasteiger partial charge is 0.313 e. The minimum absolute atomic E-state index is 0.159. The highest BCUT2D eigenvalue weighted by molar-refractivity contribution is 5.26. The topological polar surface area (TPSA) is 29.9 Å². The first-order valence-electron chi connectivity index (χ1n) is 5.80. The van der Waals surface area contributed by atoms with Crippen LogP contribution in [0.1, 0.15) is 17.2 Å². The molecule has 1 unspecified atom stereocenters. The Bertz CT molecular complexity index is 557. The number of hydrogen-bond donors (Lipinski definition) is 1. The maximum atomic E-state index is 13.7. The minimum Gasteiger partial charge on any atom is -0.313 e. The summed E-state index contributed by atoms with van der Waals surface area (Å²) in [6.45, 7) is 0. The van der Waals surface area contributed by atoms with Crippen molar-refractivity contribution in [1.82, 2.24) is 15.1 Å². The van der Waals surface area contributed by atoms with E-state index < -0.39 is 23.5 Å². The van der Waals surface area contributed by atoms with Crippen LogP contribution in [-0.2, 0) is 13.5 Å². The average molecular weight is 269 g/mol. The third kappa shape index (κ3) is 2.96. The second-order valence-corrected chi connectivity index (χ2v) is 4.35. The summed E-state index contributed by atoms with van der Waals surface area (Å²) < 4.78 is 41.9. The lowest BCUT2D eigenvalue weighted by atomic mass is 9.99. The van der Waals surface area contributed by atoms with Gasteiger partial charge in [-0.2, -0.15) is 5.10 Å². The second-order valence-electron chi connectivity index (χ2n) is 4.35. The van der Waals surface area contributed by atoms with Gasteiger partial charge in [-0.25, -0.2) is 13.2 Å². The van der Waals surface area contributed by atoms with Crippen molar-refractivity contribution in [2.45, 2.75) is 12.5 Å². The number of hydrogen-bond acceptors (Lipinski definition) is 2. The normalized spacial score (nSPS) is 12.7. The maximum Gasteiger partial charge on any atom is 0.133 e. The molecule has 1 heterocycles. The number of rotatable bonds is 4. The Balaban J connectivity index is 2.32. The van der Waals surface area contributed by atoms with E-state index >= 15 is 0 Å². The number of halogens is 3. The molecule has 6 heteroatoms. The molecule has 1 aromatic carbocycles. The second kappa shape index (κ2) is 5.44. The number of benzene rings is 1. The van der Waals surface area contributed by atoms with Gasteiger partial charge in [0.2, 0.25) is 0 Å². The van der Waals surface area contributed by atoms with Gasteiger partial charge in [0, 0.05) is 37.0 Å². The Labute approximate surface area is 109 Å². The van der Waals surface area contributed by atoms with Crippen molar-refractivity contribution in [2.24, 2.45) is 7.05 Å². The molecule has 1 N–H and O–H groups in total. The van der Waals surface area contributed by atoms with Gasteiger partial charge in [-0.05, 0) is 19.0 Å². The third-order valence-corrected chi connectivity index (χ3v) is 2.94. The molecule has 0 saturated carbocycles. The average Bonchev–Trinajstić information content (AvgIpc) is 2.72. The Kier molecular flexibility index (Phi) is 3.90. The summed E-state index contributed by atoms with van der Waals surface area (Å²) in [6, 6.07) is 0.794. The molecule has 19 heavy (non-hydrogen) atoms. The van der Waals surface area contributed by atoms with Crippen LogP contribution in [0.15, 0.2) is 24.5 Å². The molecule has 0 radical (unpaired) electrons. The summed E-state index contributed by atoms with van der Waals surface area (Å²) >= 11 is 0. The van der Waals surface area contributed by atoms with Crippen molar-refractivity contribution >= 4 is 0 Å². The highest BCUT2D eigenvalue weighted by Gasteiger charge is 2.21. The summed E-state index contributed by atoms with van der Waals surface area (Å²) in [5.74, 6) is -2.70. The highest BCUT2D eigenvalue weighted by Crippen LogP contribution is 2.24. The van der Waals surface area contributed by atoms with Crippen LogP contribution in [0.4, 0.5) is 13.2 Å². The molecule has 3 nitrogen and oxygen atoms in total.